The van der Waals surface area contributed by atoms with Crippen LogP contribution in [0.3, 0.4) is 0 Å². The first-order chi connectivity index (χ1) is 11.3. The Balaban J connectivity index is -0.000000130. The van der Waals surface area contributed by atoms with Crippen molar-refractivity contribution in [2.24, 2.45) is 0 Å². The molecule has 0 heterocycles. The van der Waals surface area contributed by atoms with Gasteiger partial charge in [-0.05, 0) is 32.1 Å². The molecule has 0 radical (unpaired) electrons. The molecular weight excluding hydrogens is 419 g/mol. The summed E-state index contributed by atoms with van der Waals surface area (Å²) in [5.74, 6) is -2.55. The monoisotopic (exact) mass is 452 g/mol. The summed E-state index contributed by atoms with van der Waals surface area (Å²) in [6.45, 7) is 6.13. The Morgan fingerprint density at radius 2 is 0.920 bits per heavy atom. The summed E-state index contributed by atoms with van der Waals surface area (Å²) in [6.07, 6.45) is 9.35. The molecule has 152 valence electrons. The average Bonchev–Trinajstić information content (AvgIpc) is 2.48. The SMILES string of the molecule is CCCCCC(=O)O.CCCCCC(=O)[O-].CCCCCC(=O)[O-].[Pd+2]. The van der Waals surface area contributed by atoms with Crippen LogP contribution in [0, 0.1) is 0 Å². The molecule has 0 unspecified atom stereocenters. The first kappa shape index (κ1) is 31.8. The number of hydrogen-bond donors (Lipinski definition) is 1. The summed E-state index contributed by atoms with van der Waals surface area (Å²) in [6, 6.07) is 0. The molecule has 0 aliphatic carbocycles. The Labute approximate surface area is 166 Å². The zero-order chi connectivity index (χ0) is 19.2. The Kier molecular flexibility index (Phi) is 35.5. The van der Waals surface area contributed by atoms with E-state index in [0.29, 0.717) is 6.42 Å². The summed E-state index contributed by atoms with van der Waals surface area (Å²) >= 11 is 0. The van der Waals surface area contributed by atoms with E-state index in [2.05, 4.69) is 6.92 Å². The van der Waals surface area contributed by atoms with Crippen molar-refractivity contribution in [1.82, 2.24) is 0 Å². The molecule has 0 amide bonds. The molecule has 0 aromatic carbocycles. The van der Waals surface area contributed by atoms with Crippen LogP contribution in [0.1, 0.15) is 97.8 Å². The molecule has 1 N–H and O–H groups in total. The van der Waals surface area contributed by atoms with Crippen molar-refractivity contribution in [2.45, 2.75) is 97.8 Å². The van der Waals surface area contributed by atoms with Gasteiger partial charge in [0.1, 0.15) is 0 Å². The number of aliphatic carboxylic acids is 3. The topological polar surface area (TPSA) is 118 Å². The molecule has 25 heavy (non-hydrogen) atoms. The minimum Gasteiger partial charge on any atom is -0.550 e. The van der Waals surface area contributed by atoms with Crippen LogP contribution >= 0.6 is 0 Å². The molecule has 0 rings (SSSR count). The van der Waals surface area contributed by atoms with E-state index in [1.54, 1.807) is 0 Å². The van der Waals surface area contributed by atoms with Gasteiger partial charge in [0.2, 0.25) is 0 Å². The molecule has 0 fully saturated rings. The molecule has 0 aromatic heterocycles. The molecule has 7 heteroatoms. The van der Waals surface area contributed by atoms with Crippen LogP contribution < -0.4 is 10.2 Å². The first-order valence-corrected chi connectivity index (χ1v) is 8.93. The van der Waals surface area contributed by atoms with Crippen LogP contribution in [-0.2, 0) is 34.8 Å². The van der Waals surface area contributed by atoms with E-state index in [1.165, 1.54) is 0 Å². The maximum atomic E-state index is 9.87. The van der Waals surface area contributed by atoms with Gasteiger partial charge in [0.15, 0.2) is 0 Å². The Morgan fingerprint density at radius 1 is 0.640 bits per heavy atom. The summed E-state index contributed by atoms with van der Waals surface area (Å²) < 4.78 is 0. The normalized spacial score (nSPS) is 8.76. The molecule has 0 aliphatic heterocycles. The predicted octanol–water partition coefficient (Wildman–Crippen LogP) is 2.28. The largest absolute Gasteiger partial charge is 2.00 e. The molecule has 0 saturated carbocycles. The van der Waals surface area contributed by atoms with Gasteiger partial charge in [0.25, 0.3) is 0 Å². The Hall–Kier alpha value is -0.928. The van der Waals surface area contributed by atoms with Gasteiger partial charge in [0, 0.05) is 18.4 Å². The van der Waals surface area contributed by atoms with Gasteiger partial charge in [-0.25, -0.2) is 0 Å². The van der Waals surface area contributed by atoms with E-state index in [4.69, 9.17) is 5.11 Å². The van der Waals surface area contributed by atoms with Crippen molar-refractivity contribution in [3.63, 3.8) is 0 Å². The van der Waals surface area contributed by atoms with Gasteiger partial charge in [-0.1, -0.05) is 59.3 Å². The number of unbranched alkanes of at least 4 members (excludes halogenated alkanes) is 6. The molecule has 0 saturated heterocycles. The molecule has 0 aromatic rings. The van der Waals surface area contributed by atoms with Gasteiger partial charge in [-0.3, -0.25) is 4.79 Å². The van der Waals surface area contributed by atoms with Crippen LogP contribution in [0.4, 0.5) is 0 Å². The van der Waals surface area contributed by atoms with E-state index in [0.717, 1.165) is 57.8 Å². The third-order valence-electron chi connectivity index (χ3n) is 2.96. The van der Waals surface area contributed by atoms with Gasteiger partial charge >= 0.3 is 26.4 Å². The molecule has 0 atom stereocenters. The molecular formula is C18H34O6Pd. The van der Waals surface area contributed by atoms with Crippen LogP contribution in [0.15, 0.2) is 0 Å². The summed E-state index contributed by atoms with van der Waals surface area (Å²) in [7, 11) is 0. The van der Waals surface area contributed by atoms with Crippen molar-refractivity contribution >= 4 is 17.9 Å². The van der Waals surface area contributed by atoms with Crippen molar-refractivity contribution < 1.29 is 50.1 Å². The first-order valence-electron chi connectivity index (χ1n) is 8.93. The van der Waals surface area contributed by atoms with Crippen molar-refractivity contribution in [1.29, 1.82) is 0 Å². The zero-order valence-corrected chi connectivity index (χ0v) is 17.3. The van der Waals surface area contributed by atoms with Gasteiger partial charge in [0.05, 0.1) is 0 Å². The number of hydrogen-bond acceptors (Lipinski definition) is 5. The molecule has 0 bridgehead atoms. The van der Waals surface area contributed by atoms with Crippen molar-refractivity contribution in [2.75, 3.05) is 0 Å². The second kappa shape index (κ2) is 27.9. The molecule has 0 spiro atoms. The van der Waals surface area contributed by atoms with Crippen molar-refractivity contribution in [3.05, 3.63) is 0 Å². The van der Waals surface area contributed by atoms with Crippen molar-refractivity contribution in [3.8, 4) is 0 Å². The van der Waals surface area contributed by atoms with Gasteiger partial charge in [-0.2, -0.15) is 0 Å². The second-order valence-corrected chi connectivity index (χ2v) is 5.51. The minimum atomic E-state index is -0.932. The van der Waals surface area contributed by atoms with E-state index >= 15 is 0 Å². The molecule has 0 aliphatic rings. The molecule has 6 nitrogen and oxygen atoms in total. The van der Waals surface area contributed by atoms with Crippen LogP contribution in [0.5, 0.6) is 0 Å². The third kappa shape index (κ3) is 51.7. The number of carboxylic acids is 3. The zero-order valence-electron chi connectivity index (χ0n) is 15.8. The van der Waals surface area contributed by atoms with E-state index in [9.17, 15) is 24.6 Å². The fourth-order valence-corrected chi connectivity index (χ4v) is 1.56. The number of carbonyl (C=O) groups excluding carboxylic acids is 2. The fraction of sp³-hybridized carbons (Fsp3) is 0.833. The Morgan fingerprint density at radius 3 is 1.12 bits per heavy atom. The predicted molar refractivity (Wildman–Crippen MR) is 90.1 cm³/mol. The van der Waals surface area contributed by atoms with E-state index < -0.39 is 17.9 Å². The summed E-state index contributed by atoms with van der Waals surface area (Å²) in [5, 5.41) is 27.7. The Bertz CT molecular complexity index is 260. The maximum Gasteiger partial charge on any atom is 2.00 e. The third-order valence-corrected chi connectivity index (χ3v) is 2.96. The number of rotatable bonds is 12. The number of carboxylic acid groups (broad SMARTS) is 3. The number of carbonyl (C=O) groups is 3. The van der Waals surface area contributed by atoms with Crippen LogP contribution in [0.2, 0.25) is 0 Å². The van der Waals surface area contributed by atoms with E-state index in [1.807, 2.05) is 13.8 Å². The minimum absolute atomic E-state index is 0. The summed E-state index contributed by atoms with van der Waals surface area (Å²) in [4.78, 5) is 29.4. The van der Waals surface area contributed by atoms with Crippen LogP contribution in [0.25, 0.3) is 0 Å². The average molecular weight is 453 g/mol. The van der Waals surface area contributed by atoms with Crippen LogP contribution in [-0.4, -0.2) is 23.0 Å². The van der Waals surface area contributed by atoms with E-state index in [-0.39, 0.29) is 33.3 Å². The standard InChI is InChI=1S/3C6H12O2.Pd/c3*1-2-3-4-5-6(7)8;/h3*2-5H2,1H3,(H,7,8);/q;;;+2/p-2. The fourth-order valence-electron chi connectivity index (χ4n) is 1.56. The second-order valence-electron chi connectivity index (χ2n) is 5.51. The summed E-state index contributed by atoms with van der Waals surface area (Å²) in [5.41, 5.74) is 0. The van der Waals surface area contributed by atoms with Gasteiger partial charge in [-0.15, -0.1) is 0 Å². The quantitative estimate of drug-likeness (QED) is 0.358. The van der Waals surface area contributed by atoms with Gasteiger partial charge < -0.3 is 24.9 Å². The maximum absolute atomic E-state index is 9.87. The smallest absolute Gasteiger partial charge is 0.550 e.